The molecule has 3 aromatic rings. The smallest absolute Gasteiger partial charge is 0.343 e. The summed E-state index contributed by atoms with van der Waals surface area (Å²) in [5.74, 6) is 0.0253. The molecule has 0 aromatic heterocycles. The number of rotatable bonds is 17. The molecule has 0 fully saturated rings. The average molecular weight is 533 g/mol. The first-order valence-electron chi connectivity index (χ1n) is 14.9. The van der Waals surface area contributed by atoms with Crippen LogP contribution >= 0.6 is 0 Å². The number of halogens is 1. The van der Waals surface area contributed by atoms with Crippen molar-refractivity contribution in [3.63, 3.8) is 0 Å². The molecule has 3 aromatic carbocycles. The van der Waals surface area contributed by atoms with Crippen LogP contribution in [0.25, 0.3) is 11.1 Å². The van der Waals surface area contributed by atoms with Crippen molar-refractivity contribution in [1.29, 1.82) is 0 Å². The number of benzene rings is 3. The van der Waals surface area contributed by atoms with Crippen LogP contribution in [0.1, 0.15) is 107 Å². The van der Waals surface area contributed by atoms with Crippen LogP contribution in [0.3, 0.4) is 0 Å². The van der Waals surface area contributed by atoms with E-state index in [9.17, 15) is 9.18 Å². The van der Waals surface area contributed by atoms with Gasteiger partial charge in [-0.3, -0.25) is 0 Å². The quantitative estimate of drug-likeness (QED) is 0.0985. The Labute approximate surface area is 234 Å². The molecule has 0 amide bonds. The van der Waals surface area contributed by atoms with Gasteiger partial charge in [0.2, 0.25) is 0 Å². The molecule has 1 unspecified atom stereocenters. The van der Waals surface area contributed by atoms with Gasteiger partial charge in [0.05, 0.1) is 11.7 Å². The lowest BCUT2D eigenvalue weighted by molar-refractivity contribution is 0.0734. The molecule has 0 aliphatic rings. The second-order valence-corrected chi connectivity index (χ2v) is 10.6. The van der Waals surface area contributed by atoms with Gasteiger partial charge in [-0.05, 0) is 85.7 Å². The molecule has 0 saturated heterocycles. The van der Waals surface area contributed by atoms with Crippen LogP contribution in [0.4, 0.5) is 4.39 Å². The second kappa shape index (κ2) is 16.7. The Kier molecular flexibility index (Phi) is 13.1. The van der Waals surface area contributed by atoms with Gasteiger partial charge in [0.25, 0.3) is 0 Å². The van der Waals surface area contributed by atoms with Gasteiger partial charge >= 0.3 is 5.97 Å². The van der Waals surface area contributed by atoms with Crippen molar-refractivity contribution in [3.8, 4) is 22.6 Å². The Morgan fingerprint density at radius 3 is 2.03 bits per heavy atom. The van der Waals surface area contributed by atoms with E-state index in [1.807, 2.05) is 49.4 Å². The lowest BCUT2D eigenvalue weighted by Gasteiger charge is -2.16. The summed E-state index contributed by atoms with van der Waals surface area (Å²) in [6.45, 7) is 6.41. The zero-order chi connectivity index (χ0) is 27.9. The Morgan fingerprint density at radius 1 is 0.744 bits per heavy atom. The Bertz CT molecular complexity index is 1120. The first kappa shape index (κ1) is 30.4. The third-order valence-corrected chi connectivity index (χ3v) is 7.13. The molecule has 0 N–H and O–H groups in total. The molecule has 0 radical (unpaired) electrons. The number of hydrogen-bond acceptors (Lipinski definition) is 3. The van der Waals surface area contributed by atoms with E-state index in [0.29, 0.717) is 11.3 Å². The molecule has 3 nitrogen and oxygen atoms in total. The molecular weight excluding hydrogens is 487 g/mol. The summed E-state index contributed by atoms with van der Waals surface area (Å²) in [6, 6.07) is 19.9. The third-order valence-electron chi connectivity index (χ3n) is 7.13. The molecule has 0 aliphatic carbocycles. The zero-order valence-electron chi connectivity index (χ0n) is 24.0. The fraction of sp³-hybridized carbons (Fsp3) is 0.457. The number of carbonyl (C=O) groups excluding carboxylic acids is 1. The Morgan fingerprint density at radius 2 is 1.36 bits per heavy atom. The summed E-state index contributed by atoms with van der Waals surface area (Å²) < 4.78 is 26.1. The highest BCUT2D eigenvalue weighted by Gasteiger charge is 2.12. The van der Waals surface area contributed by atoms with E-state index in [1.54, 1.807) is 18.2 Å². The molecule has 0 saturated carbocycles. The molecule has 210 valence electrons. The lowest BCUT2D eigenvalue weighted by Crippen LogP contribution is -2.12. The maximum Gasteiger partial charge on any atom is 0.343 e. The molecule has 0 spiro atoms. The first-order chi connectivity index (χ1) is 19.0. The molecule has 0 bridgehead atoms. The largest absolute Gasteiger partial charge is 0.488 e. The van der Waals surface area contributed by atoms with Crippen LogP contribution in [0, 0.1) is 5.82 Å². The molecule has 1 atom stereocenters. The Balaban J connectivity index is 1.49. The minimum atomic E-state index is -0.409. The summed E-state index contributed by atoms with van der Waals surface area (Å²) >= 11 is 0. The normalized spacial score (nSPS) is 11.8. The van der Waals surface area contributed by atoms with Crippen molar-refractivity contribution in [2.75, 3.05) is 0 Å². The maximum absolute atomic E-state index is 14.7. The predicted molar refractivity (Wildman–Crippen MR) is 159 cm³/mol. The van der Waals surface area contributed by atoms with E-state index in [1.165, 1.54) is 69.4 Å². The SMILES string of the molecule is CCCCCCCCc1ccc(OC(=O)c2ccc(-c3ccc(OC(C)CCCCCC)c(F)c3)cc2)cc1. The summed E-state index contributed by atoms with van der Waals surface area (Å²) in [7, 11) is 0. The van der Waals surface area contributed by atoms with Gasteiger partial charge in [-0.2, -0.15) is 0 Å². The highest BCUT2D eigenvalue weighted by Crippen LogP contribution is 2.27. The topological polar surface area (TPSA) is 35.5 Å². The number of aryl methyl sites for hydroxylation is 1. The van der Waals surface area contributed by atoms with Crippen LogP contribution in [0.2, 0.25) is 0 Å². The van der Waals surface area contributed by atoms with Gasteiger partial charge in [-0.25, -0.2) is 9.18 Å². The lowest BCUT2D eigenvalue weighted by atomic mass is 10.0. The van der Waals surface area contributed by atoms with Crippen molar-refractivity contribution >= 4 is 5.97 Å². The van der Waals surface area contributed by atoms with Crippen molar-refractivity contribution < 1.29 is 18.7 Å². The molecule has 4 heteroatoms. The highest BCUT2D eigenvalue weighted by molar-refractivity contribution is 5.91. The number of carbonyl (C=O) groups is 1. The second-order valence-electron chi connectivity index (χ2n) is 10.6. The van der Waals surface area contributed by atoms with Gasteiger partial charge < -0.3 is 9.47 Å². The Hall–Kier alpha value is -3.14. The van der Waals surface area contributed by atoms with Crippen LogP contribution in [0.5, 0.6) is 11.5 Å². The first-order valence-corrected chi connectivity index (χ1v) is 14.9. The molecule has 39 heavy (non-hydrogen) atoms. The third kappa shape index (κ3) is 10.5. The standard InChI is InChI=1S/C35H45FO3/c1-4-6-8-10-11-13-15-28-16-23-32(24-17-28)39-35(37)30-20-18-29(19-21-30)31-22-25-34(33(36)26-31)38-27(3)14-12-9-7-5-2/h16-27H,4-15H2,1-3H3. The summed E-state index contributed by atoms with van der Waals surface area (Å²) in [6.07, 6.45) is 14.3. The van der Waals surface area contributed by atoms with Crippen molar-refractivity contribution in [1.82, 2.24) is 0 Å². The van der Waals surface area contributed by atoms with E-state index in [4.69, 9.17) is 9.47 Å². The van der Waals surface area contributed by atoms with E-state index in [2.05, 4.69) is 13.8 Å². The van der Waals surface area contributed by atoms with E-state index in [-0.39, 0.29) is 17.7 Å². The predicted octanol–water partition coefficient (Wildman–Crippen LogP) is 10.4. The van der Waals surface area contributed by atoms with Gasteiger partial charge in [-0.15, -0.1) is 0 Å². The number of esters is 1. The minimum absolute atomic E-state index is 0.0241. The van der Waals surface area contributed by atoms with Gasteiger partial charge in [-0.1, -0.05) is 95.5 Å². The maximum atomic E-state index is 14.7. The number of ether oxygens (including phenoxy) is 2. The minimum Gasteiger partial charge on any atom is -0.488 e. The molecule has 0 heterocycles. The summed E-state index contributed by atoms with van der Waals surface area (Å²) in [5.41, 5.74) is 3.27. The average Bonchev–Trinajstić information content (AvgIpc) is 2.95. The van der Waals surface area contributed by atoms with Gasteiger partial charge in [0.1, 0.15) is 5.75 Å². The molecular formula is C35H45FO3. The summed E-state index contributed by atoms with van der Waals surface area (Å²) in [4.78, 5) is 12.7. The van der Waals surface area contributed by atoms with Crippen LogP contribution in [-0.4, -0.2) is 12.1 Å². The number of unbranched alkanes of at least 4 members (excludes halogenated alkanes) is 8. The van der Waals surface area contributed by atoms with Crippen molar-refractivity contribution in [2.24, 2.45) is 0 Å². The molecule has 0 aliphatic heterocycles. The van der Waals surface area contributed by atoms with E-state index >= 15 is 0 Å². The van der Waals surface area contributed by atoms with Crippen LogP contribution in [-0.2, 0) is 6.42 Å². The van der Waals surface area contributed by atoms with E-state index in [0.717, 1.165) is 30.4 Å². The fourth-order valence-electron chi connectivity index (χ4n) is 4.71. The van der Waals surface area contributed by atoms with Crippen molar-refractivity contribution in [3.05, 3.63) is 83.7 Å². The van der Waals surface area contributed by atoms with E-state index < -0.39 is 5.97 Å². The van der Waals surface area contributed by atoms with Gasteiger partial charge in [0, 0.05) is 0 Å². The van der Waals surface area contributed by atoms with Crippen LogP contribution < -0.4 is 9.47 Å². The van der Waals surface area contributed by atoms with Crippen molar-refractivity contribution in [2.45, 2.75) is 104 Å². The van der Waals surface area contributed by atoms with Gasteiger partial charge in [0.15, 0.2) is 11.6 Å². The number of hydrogen-bond donors (Lipinski definition) is 0. The molecule has 3 rings (SSSR count). The summed E-state index contributed by atoms with van der Waals surface area (Å²) in [5, 5.41) is 0. The highest BCUT2D eigenvalue weighted by atomic mass is 19.1. The zero-order valence-corrected chi connectivity index (χ0v) is 24.0. The monoisotopic (exact) mass is 532 g/mol. The van der Waals surface area contributed by atoms with Crippen LogP contribution in [0.15, 0.2) is 66.7 Å². The fourth-order valence-corrected chi connectivity index (χ4v) is 4.71.